The molecule has 3 rings (SSSR count). The summed E-state index contributed by atoms with van der Waals surface area (Å²) in [5, 5.41) is 2.65. The lowest BCUT2D eigenvalue weighted by molar-refractivity contribution is -0.146. The summed E-state index contributed by atoms with van der Waals surface area (Å²) in [4.78, 5) is 33.5. The Morgan fingerprint density at radius 3 is 2.61 bits per heavy atom. The quantitative estimate of drug-likeness (QED) is 0.796. The minimum Gasteiger partial charge on any atom is -0.383 e. The van der Waals surface area contributed by atoms with Crippen LogP contribution in [0.1, 0.15) is 30.0 Å². The fourth-order valence-electron chi connectivity index (χ4n) is 3.62. The van der Waals surface area contributed by atoms with Crippen molar-refractivity contribution in [3.05, 3.63) is 53.7 Å². The number of nitrogens with one attached hydrogen (secondary N) is 1. The molecule has 1 aliphatic rings. The smallest absolute Gasteiger partial charge is 0.313 e. The highest BCUT2D eigenvalue weighted by molar-refractivity contribution is 6.39. The number of carbonyl (C=O) groups excluding carboxylic acids is 2. The number of anilines is 2. The molecular weight excluding hydrogens is 354 g/mol. The molecule has 0 radical (unpaired) electrons. The SMILES string of the molecule is Cc1cc(NC(=O)C(=O)N2CCC(N(C)C)C[C@H]2c2ccccc2)cnc1N. The number of nitrogens with two attached hydrogens (primary N) is 1. The molecule has 1 fully saturated rings. The number of aryl methyl sites for hydroxylation is 1. The highest BCUT2D eigenvalue weighted by Gasteiger charge is 2.36. The summed E-state index contributed by atoms with van der Waals surface area (Å²) in [5.74, 6) is -0.782. The van der Waals surface area contributed by atoms with Crippen LogP contribution in [0.4, 0.5) is 11.5 Å². The lowest BCUT2D eigenvalue weighted by Gasteiger charge is -2.41. The van der Waals surface area contributed by atoms with Gasteiger partial charge in [0.2, 0.25) is 0 Å². The van der Waals surface area contributed by atoms with E-state index in [-0.39, 0.29) is 6.04 Å². The van der Waals surface area contributed by atoms with Crippen molar-refractivity contribution in [2.45, 2.75) is 31.8 Å². The normalized spacial score (nSPS) is 19.5. The Balaban J connectivity index is 1.79. The van der Waals surface area contributed by atoms with Crippen molar-refractivity contribution in [1.82, 2.24) is 14.8 Å². The average Bonchev–Trinajstić information content (AvgIpc) is 2.70. The van der Waals surface area contributed by atoms with Gasteiger partial charge < -0.3 is 20.9 Å². The number of nitrogen functional groups attached to an aromatic ring is 1. The van der Waals surface area contributed by atoms with Crippen LogP contribution in [0.25, 0.3) is 0 Å². The molecule has 0 saturated carbocycles. The first-order chi connectivity index (χ1) is 13.4. The Kier molecular flexibility index (Phi) is 5.94. The number of pyridine rings is 1. The summed E-state index contributed by atoms with van der Waals surface area (Å²) in [6, 6.07) is 11.8. The van der Waals surface area contributed by atoms with Gasteiger partial charge in [0.25, 0.3) is 0 Å². The van der Waals surface area contributed by atoms with Crippen molar-refractivity contribution in [1.29, 1.82) is 0 Å². The Morgan fingerprint density at radius 2 is 1.96 bits per heavy atom. The zero-order chi connectivity index (χ0) is 20.3. The fourth-order valence-corrected chi connectivity index (χ4v) is 3.62. The molecule has 7 nitrogen and oxygen atoms in total. The molecule has 1 aromatic carbocycles. The van der Waals surface area contributed by atoms with E-state index in [9.17, 15) is 9.59 Å². The van der Waals surface area contributed by atoms with Crippen molar-refractivity contribution in [2.75, 3.05) is 31.7 Å². The van der Waals surface area contributed by atoms with Crippen LogP contribution in [0.15, 0.2) is 42.6 Å². The summed E-state index contributed by atoms with van der Waals surface area (Å²) in [7, 11) is 4.10. The Labute approximate surface area is 165 Å². The number of amides is 2. The number of rotatable bonds is 3. The van der Waals surface area contributed by atoms with E-state index < -0.39 is 11.8 Å². The summed E-state index contributed by atoms with van der Waals surface area (Å²) in [6.07, 6.45) is 3.08. The molecule has 148 valence electrons. The Hall–Kier alpha value is -2.93. The van der Waals surface area contributed by atoms with Crippen LogP contribution in [0, 0.1) is 6.92 Å². The second-order valence-corrected chi connectivity index (χ2v) is 7.45. The number of carbonyl (C=O) groups is 2. The van der Waals surface area contributed by atoms with Gasteiger partial charge in [0.05, 0.1) is 17.9 Å². The minimum absolute atomic E-state index is 0.133. The van der Waals surface area contributed by atoms with Crippen molar-refractivity contribution in [3.63, 3.8) is 0 Å². The van der Waals surface area contributed by atoms with Gasteiger partial charge in [-0.25, -0.2) is 4.98 Å². The van der Waals surface area contributed by atoms with Crippen molar-refractivity contribution in [2.24, 2.45) is 0 Å². The second kappa shape index (κ2) is 8.39. The lowest BCUT2D eigenvalue weighted by atomic mass is 9.91. The maximum Gasteiger partial charge on any atom is 0.313 e. The van der Waals surface area contributed by atoms with Gasteiger partial charge in [-0.05, 0) is 51.1 Å². The number of piperidine rings is 1. The zero-order valence-corrected chi connectivity index (χ0v) is 16.6. The van der Waals surface area contributed by atoms with E-state index >= 15 is 0 Å². The molecule has 1 aromatic heterocycles. The van der Waals surface area contributed by atoms with Crippen LogP contribution in [0.2, 0.25) is 0 Å². The molecular formula is C21H27N5O2. The van der Waals surface area contributed by atoms with E-state index in [2.05, 4.69) is 15.2 Å². The van der Waals surface area contributed by atoms with Crippen LogP contribution in [-0.2, 0) is 9.59 Å². The molecule has 0 bridgehead atoms. The van der Waals surface area contributed by atoms with E-state index in [1.165, 1.54) is 6.20 Å². The van der Waals surface area contributed by atoms with Gasteiger partial charge in [0.15, 0.2) is 0 Å². The molecule has 0 spiro atoms. The van der Waals surface area contributed by atoms with Crippen LogP contribution in [-0.4, -0.2) is 53.3 Å². The van der Waals surface area contributed by atoms with Gasteiger partial charge in [0, 0.05) is 12.6 Å². The number of aromatic nitrogens is 1. The van der Waals surface area contributed by atoms with E-state index in [0.717, 1.165) is 24.0 Å². The topological polar surface area (TPSA) is 91.6 Å². The molecule has 2 aromatic rings. The summed E-state index contributed by atoms with van der Waals surface area (Å²) < 4.78 is 0. The van der Waals surface area contributed by atoms with Gasteiger partial charge in [0.1, 0.15) is 5.82 Å². The molecule has 1 saturated heterocycles. The molecule has 1 unspecified atom stereocenters. The predicted molar refractivity (Wildman–Crippen MR) is 110 cm³/mol. The molecule has 1 aliphatic heterocycles. The summed E-state index contributed by atoms with van der Waals surface area (Å²) in [6.45, 7) is 2.34. The van der Waals surface area contributed by atoms with Gasteiger partial charge in [-0.1, -0.05) is 30.3 Å². The first kappa shape index (κ1) is 19.8. The van der Waals surface area contributed by atoms with Crippen molar-refractivity contribution >= 4 is 23.3 Å². The maximum atomic E-state index is 13.0. The highest BCUT2D eigenvalue weighted by Crippen LogP contribution is 2.32. The third-order valence-corrected chi connectivity index (χ3v) is 5.32. The number of benzene rings is 1. The first-order valence-corrected chi connectivity index (χ1v) is 9.42. The van der Waals surface area contributed by atoms with Crippen LogP contribution in [0.3, 0.4) is 0 Å². The molecule has 7 heteroatoms. The van der Waals surface area contributed by atoms with Crippen LogP contribution in [0.5, 0.6) is 0 Å². The van der Waals surface area contributed by atoms with Gasteiger partial charge in [-0.2, -0.15) is 0 Å². The van der Waals surface area contributed by atoms with Crippen molar-refractivity contribution in [3.8, 4) is 0 Å². The third-order valence-electron chi connectivity index (χ3n) is 5.32. The van der Waals surface area contributed by atoms with Gasteiger partial charge >= 0.3 is 11.8 Å². The van der Waals surface area contributed by atoms with E-state index in [1.54, 1.807) is 17.9 Å². The minimum atomic E-state index is -0.657. The zero-order valence-electron chi connectivity index (χ0n) is 16.6. The van der Waals surface area contributed by atoms with Crippen LogP contribution >= 0.6 is 0 Å². The average molecular weight is 381 g/mol. The number of nitrogens with zero attached hydrogens (tertiary/aromatic N) is 3. The molecule has 28 heavy (non-hydrogen) atoms. The van der Waals surface area contributed by atoms with Gasteiger partial charge in [-0.3, -0.25) is 9.59 Å². The molecule has 0 aliphatic carbocycles. The third kappa shape index (κ3) is 4.31. The van der Waals surface area contributed by atoms with E-state index in [0.29, 0.717) is 24.1 Å². The molecule has 2 amide bonds. The monoisotopic (exact) mass is 381 g/mol. The van der Waals surface area contributed by atoms with Gasteiger partial charge in [-0.15, -0.1) is 0 Å². The van der Waals surface area contributed by atoms with Crippen LogP contribution < -0.4 is 11.1 Å². The fraction of sp³-hybridized carbons (Fsp3) is 0.381. The summed E-state index contributed by atoms with van der Waals surface area (Å²) >= 11 is 0. The van der Waals surface area contributed by atoms with E-state index in [4.69, 9.17) is 5.73 Å². The van der Waals surface area contributed by atoms with E-state index in [1.807, 2.05) is 44.4 Å². The number of likely N-dealkylation sites (tertiary alicyclic amines) is 1. The first-order valence-electron chi connectivity index (χ1n) is 9.42. The van der Waals surface area contributed by atoms with Crippen molar-refractivity contribution < 1.29 is 9.59 Å². The largest absolute Gasteiger partial charge is 0.383 e. The second-order valence-electron chi connectivity index (χ2n) is 7.45. The summed E-state index contributed by atoms with van der Waals surface area (Å²) in [5.41, 5.74) is 7.97. The molecule has 3 N–H and O–H groups in total. The maximum absolute atomic E-state index is 13.0. The lowest BCUT2D eigenvalue weighted by Crippen LogP contribution is -2.49. The number of hydrogen-bond acceptors (Lipinski definition) is 5. The predicted octanol–water partition coefficient (Wildman–Crippen LogP) is 2.20. The Bertz CT molecular complexity index is 853. The molecule has 2 heterocycles. The molecule has 2 atom stereocenters. The standard InChI is InChI=1S/C21H27N5O2/c1-14-11-16(13-23-19(14)22)24-20(27)21(28)26-10-9-17(25(2)3)12-18(26)15-7-5-4-6-8-15/h4-8,11,13,17-18H,9-10,12H2,1-3H3,(H2,22,23)(H,24,27)/t17?,18-/m0/s1. The highest BCUT2D eigenvalue weighted by atomic mass is 16.2. The Morgan fingerprint density at radius 1 is 1.25 bits per heavy atom. The number of hydrogen-bond donors (Lipinski definition) is 2.